The van der Waals surface area contributed by atoms with Crippen LogP contribution in [0.15, 0.2) is 40.8 Å². The molecule has 4 nitrogen and oxygen atoms in total. The molecule has 1 aliphatic rings. The van der Waals surface area contributed by atoms with Crippen molar-refractivity contribution in [1.29, 1.82) is 0 Å². The van der Waals surface area contributed by atoms with Crippen LogP contribution in [0.4, 0.5) is 0 Å². The molecule has 0 unspecified atom stereocenters. The maximum atomic E-state index is 12.6. The average Bonchev–Trinajstić information content (AvgIpc) is 3.13. The van der Waals surface area contributed by atoms with Crippen LogP contribution in [-0.2, 0) is 6.54 Å². The molecule has 0 radical (unpaired) electrons. The van der Waals surface area contributed by atoms with Crippen LogP contribution in [0.2, 0.25) is 0 Å². The molecule has 22 heavy (non-hydrogen) atoms. The Balaban J connectivity index is 1.78. The second-order valence-electron chi connectivity index (χ2n) is 6.07. The molecule has 0 saturated carbocycles. The fourth-order valence-corrected chi connectivity index (χ4v) is 3.33. The summed E-state index contributed by atoms with van der Waals surface area (Å²) in [4.78, 5) is 14.6. The van der Waals surface area contributed by atoms with Crippen LogP contribution >= 0.6 is 0 Å². The lowest BCUT2D eigenvalue weighted by atomic mass is 9.93. The molecule has 1 saturated heterocycles. The van der Waals surface area contributed by atoms with Gasteiger partial charge in [0.1, 0.15) is 5.76 Å². The second-order valence-corrected chi connectivity index (χ2v) is 6.07. The standard InChI is InChI=1S/C18H22N2O2/c1-12-5-3-4-6-16(12)14-9-13(2)20(11-14)18(21)17-8-7-15(10-19)22-17/h3-8,13-14H,9-11,19H2,1-2H3/t13-,14-/m1/s1. The molecule has 0 spiro atoms. The van der Waals surface area contributed by atoms with Crippen molar-refractivity contribution in [3.05, 3.63) is 59.0 Å². The third-order valence-electron chi connectivity index (χ3n) is 4.54. The molecular weight excluding hydrogens is 276 g/mol. The zero-order valence-electron chi connectivity index (χ0n) is 13.1. The van der Waals surface area contributed by atoms with Gasteiger partial charge in [-0.1, -0.05) is 24.3 Å². The molecule has 2 atom stereocenters. The van der Waals surface area contributed by atoms with Crippen LogP contribution in [-0.4, -0.2) is 23.4 Å². The Hall–Kier alpha value is -2.07. The van der Waals surface area contributed by atoms with Gasteiger partial charge in [-0.05, 0) is 43.5 Å². The van der Waals surface area contributed by atoms with Crippen LogP contribution in [0.1, 0.15) is 46.7 Å². The summed E-state index contributed by atoms with van der Waals surface area (Å²) in [6, 6.07) is 12.1. The minimum absolute atomic E-state index is 0.0386. The van der Waals surface area contributed by atoms with Crippen molar-refractivity contribution >= 4 is 5.91 Å². The Bertz CT molecular complexity index is 677. The number of rotatable bonds is 3. The number of nitrogens with two attached hydrogens (primary N) is 1. The topological polar surface area (TPSA) is 59.5 Å². The molecule has 0 aliphatic carbocycles. The molecular formula is C18H22N2O2. The van der Waals surface area contributed by atoms with Gasteiger partial charge in [-0.25, -0.2) is 0 Å². The third kappa shape index (κ3) is 2.66. The lowest BCUT2D eigenvalue weighted by Gasteiger charge is -2.20. The fourth-order valence-electron chi connectivity index (χ4n) is 3.33. The zero-order chi connectivity index (χ0) is 15.7. The van der Waals surface area contributed by atoms with Gasteiger partial charge in [-0.3, -0.25) is 4.79 Å². The highest BCUT2D eigenvalue weighted by Crippen LogP contribution is 2.34. The van der Waals surface area contributed by atoms with Gasteiger partial charge < -0.3 is 15.1 Å². The van der Waals surface area contributed by atoms with Gasteiger partial charge in [0, 0.05) is 18.5 Å². The Morgan fingerprint density at radius 2 is 2.09 bits per heavy atom. The predicted octanol–water partition coefficient (Wildman–Crippen LogP) is 3.06. The number of nitrogens with zero attached hydrogens (tertiary/aromatic N) is 1. The number of amides is 1. The number of carbonyl (C=O) groups is 1. The van der Waals surface area contributed by atoms with Crippen molar-refractivity contribution in [2.75, 3.05) is 6.54 Å². The minimum atomic E-state index is -0.0386. The first kappa shape index (κ1) is 14.9. The van der Waals surface area contributed by atoms with Gasteiger partial charge in [0.25, 0.3) is 5.91 Å². The quantitative estimate of drug-likeness (QED) is 0.947. The summed E-state index contributed by atoms with van der Waals surface area (Å²) in [7, 11) is 0. The van der Waals surface area contributed by atoms with Crippen molar-refractivity contribution in [2.24, 2.45) is 5.73 Å². The second kappa shape index (κ2) is 5.97. The summed E-state index contributed by atoms with van der Waals surface area (Å²) in [6.45, 7) is 5.28. The molecule has 116 valence electrons. The highest BCUT2D eigenvalue weighted by atomic mass is 16.4. The van der Waals surface area contributed by atoms with Gasteiger partial charge in [-0.15, -0.1) is 0 Å². The van der Waals surface area contributed by atoms with Crippen LogP contribution in [0.5, 0.6) is 0 Å². The molecule has 3 rings (SSSR count). The van der Waals surface area contributed by atoms with Crippen molar-refractivity contribution in [3.63, 3.8) is 0 Å². The Morgan fingerprint density at radius 1 is 1.32 bits per heavy atom. The van der Waals surface area contributed by atoms with Crippen LogP contribution in [0.25, 0.3) is 0 Å². The molecule has 0 bridgehead atoms. The zero-order valence-corrected chi connectivity index (χ0v) is 13.1. The Kier molecular flexibility index (Phi) is 4.03. The minimum Gasteiger partial charge on any atom is -0.455 e. The average molecular weight is 298 g/mol. The smallest absolute Gasteiger partial charge is 0.289 e. The Morgan fingerprint density at radius 3 is 2.77 bits per heavy atom. The molecule has 1 aromatic carbocycles. The summed E-state index contributed by atoms with van der Waals surface area (Å²) < 4.78 is 5.50. The lowest BCUT2D eigenvalue weighted by molar-refractivity contribution is 0.0711. The van der Waals surface area contributed by atoms with E-state index in [4.69, 9.17) is 10.2 Å². The number of carbonyl (C=O) groups excluding carboxylic acids is 1. The summed E-state index contributed by atoms with van der Waals surface area (Å²) in [5.41, 5.74) is 8.17. The number of hydrogen-bond acceptors (Lipinski definition) is 3. The van der Waals surface area contributed by atoms with E-state index < -0.39 is 0 Å². The van der Waals surface area contributed by atoms with Crippen LogP contribution in [0.3, 0.4) is 0 Å². The SMILES string of the molecule is Cc1ccccc1[C@@H]1C[C@@H](C)N(C(=O)c2ccc(CN)o2)C1. The van der Waals surface area contributed by atoms with Crippen molar-refractivity contribution < 1.29 is 9.21 Å². The molecule has 1 amide bonds. The highest BCUT2D eigenvalue weighted by molar-refractivity contribution is 5.92. The van der Waals surface area contributed by atoms with Crippen LogP contribution in [0, 0.1) is 6.92 Å². The lowest BCUT2D eigenvalue weighted by Crippen LogP contribution is -2.33. The summed E-state index contributed by atoms with van der Waals surface area (Å²) in [6.07, 6.45) is 0.987. The van der Waals surface area contributed by atoms with E-state index in [1.54, 1.807) is 12.1 Å². The van der Waals surface area contributed by atoms with Crippen molar-refractivity contribution in [2.45, 2.75) is 38.8 Å². The van der Waals surface area contributed by atoms with E-state index in [1.807, 2.05) is 4.90 Å². The van der Waals surface area contributed by atoms with E-state index >= 15 is 0 Å². The van der Waals surface area contributed by atoms with Gasteiger partial charge in [0.2, 0.25) is 0 Å². The summed E-state index contributed by atoms with van der Waals surface area (Å²) in [5.74, 6) is 1.38. The first-order valence-corrected chi connectivity index (χ1v) is 7.75. The third-order valence-corrected chi connectivity index (χ3v) is 4.54. The molecule has 2 N–H and O–H groups in total. The molecule has 1 fully saturated rings. The highest BCUT2D eigenvalue weighted by Gasteiger charge is 2.35. The molecule has 1 aliphatic heterocycles. The fraction of sp³-hybridized carbons (Fsp3) is 0.389. The van der Waals surface area contributed by atoms with E-state index in [-0.39, 0.29) is 11.9 Å². The summed E-state index contributed by atoms with van der Waals surface area (Å²) >= 11 is 0. The first-order valence-electron chi connectivity index (χ1n) is 7.75. The number of likely N-dealkylation sites (tertiary alicyclic amines) is 1. The van der Waals surface area contributed by atoms with Crippen molar-refractivity contribution in [1.82, 2.24) is 4.90 Å². The molecule has 1 aromatic heterocycles. The maximum Gasteiger partial charge on any atom is 0.289 e. The van der Waals surface area contributed by atoms with E-state index in [0.717, 1.165) is 13.0 Å². The van der Waals surface area contributed by atoms with E-state index in [1.165, 1.54) is 11.1 Å². The van der Waals surface area contributed by atoms with Gasteiger partial charge in [-0.2, -0.15) is 0 Å². The number of hydrogen-bond donors (Lipinski definition) is 1. The number of furan rings is 1. The number of aryl methyl sites for hydroxylation is 1. The Labute approximate surface area is 130 Å². The number of benzene rings is 1. The monoisotopic (exact) mass is 298 g/mol. The predicted molar refractivity (Wildman–Crippen MR) is 85.6 cm³/mol. The van der Waals surface area contributed by atoms with Gasteiger partial charge in [0.05, 0.1) is 6.54 Å². The van der Waals surface area contributed by atoms with Gasteiger partial charge >= 0.3 is 0 Å². The molecule has 2 aromatic rings. The van der Waals surface area contributed by atoms with Crippen molar-refractivity contribution in [3.8, 4) is 0 Å². The van der Waals surface area contributed by atoms with Crippen LogP contribution < -0.4 is 5.73 Å². The van der Waals surface area contributed by atoms with E-state index in [9.17, 15) is 4.79 Å². The van der Waals surface area contributed by atoms with E-state index in [2.05, 4.69) is 38.1 Å². The largest absolute Gasteiger partial charge is 0.455 e. The summed E-state index contributed by atoms with van der Waals surface area (Å²) in [5, 5.41) is 0. The van der Waals surface area contributed by atoms with Gasteiger partial charge in [0.15, 0.2) is 5.76 Å². The maximum absolute atomic E-state index is 12.6. The first-order chi connectivity index (χ1) is 10.6. The van der Waals surface area contributed by atoms with E-state index in [0.29, 0.717) is 24.0 Å². The normalized spacial score (nSPS) is 21.3. The molecule has 4 heteroatoms. The molecule has 2 heterocycles.